The summed E-state index contributed by atoms with van der Waals surface area (Å²) in [7, 11) is 0. The normalized spacial score (nSPS) is 26.8. The van der Waals surface area contributed by atoms with E-state index >= 15 is 0 Å². The van der Waals surface area contributed by atoms with Crippen LogP contribution in [0, 0.1) is 11.8 Å². The topological polar surface area (TPSA) is 89.1 Å². The van der Waals surface area contributed by atoms with E-state index in [-0.39, 0.29) is 12.1 Å². The fraction of sp³-hybridized carbons (Fsp3) is 0.611. The fourth-order valence-electron chi connectivity index (χ4n) is 4.08. The van der Waals surface area contributed by atoms with Gasteiger partial charge in [0.1, 0.15) is 6.10 Å². The molecule has 1 aromatic rings. The molecule has 2 aliphatic rings. The van der Waals surface area contributed by atoms with Crippen molar-refractivity contribution in [3.8, 4) is 0 Å². The first-order valence-electron chi connectivity index (χ1n) is 8.89. The molecule has 2 fully saturated rings. The summed E-state index contributed by atoms with van der Waals surface area (Å²) in [5.41, 5.74) is 4.31. The Morgan fingerprint density at radius 3 is 2.62 bits per heavy atom. The lowest BCUT2D eigenvalue weighted by atomic mass is 9.70. The van der Waals surface area contributed by atoms with Crippen LogP contribution in [-0.4, -0.2) is 12.1 Å². The molecule has 0 spiro atoms. The summed E-state index contributed by atoms with van der Waals surface area (Å²) in [6.07, 6.45) is 8.74. The van der Waals surface area contributed by atoms with Crippen LogP contribution in [-0.2, 0) is 11.3 Å². The zero-order chi connectivity index (χ0) is 16.8. The molecule has 0 heterocycles. The van der Waals surface area contributed by atoms with E-state index < -0.39 is 0 Å². The van der Waals surface area contributed by atoms with E-state index in [1.165, 1.54) is 32.1 Å². The number of esters is 1. The van der Waals surface area contributed by atoms with Crippen molar-refractivity contribution in [2.45, 2.75) is 57.6 Å². The predicted octanol–water partition coefficient (Wildman–Crippen LogP) is 3.53. The van der Waals surface area contributed by atoms with Crippen molar-refractivity contribution in [1.82, 2.24) is 5.43 Å². The van der Waals surface area contributed by atoms with Crippen LogP contribution >= 0.6 is 0 Å². The SMILES string of the molecule is N/N=N\NCc1ccc(C(=O)OC2CCC3CCCCC3C2)cc1. The summed E-state index contributed by atoms with van der Waals surface area (Å²) in [6, 6.07) is 7.36. The number of ether oxygens (including phenoxy) is 1. The number of benzene rings is 1. The molecule has 130 valence electrons. The van der Waals surface area contributed by atoms with Crippen molar-refractivity contribution in [3.63, 3.8) is 0 Å². The minimum Gasteiger partial charge on any atom is -0.459 e. The quantitative estimate of drug-likeness (QED) is 0.374. The number of nitrogens with zero attached hydrogens (tertiary/aromatic N) is 2. The summed E-state index contributed by atoms with van der Waals surface area (Å²) >= 11 is 0. The highest BCUT2D eigenvalue weighted by atomic mass is 16.5. The second-order valence-electron chi connectivity index (χ2n) is 6.89. The Hall–Kier alpha value is -2.11. The minimum atomic E-state index is -0.213. The number of nitrogens with two attached hydrogens (primary N) is 1. The number of carbonyl (C=O) groups is 1. The van der Waals surface area contributed by atoms with Gasteiger partial charge in [-0.25, -0.2) is 4.79 Å². The summed E-state index contributed by atoms with van der Waals surface area (Å²) < 4.78 is 5.76. The third-order valence-electron chi connectivity index (χ3n) is 5.37. The Labute approximate surface area is 142 Å². The highest BCUT2D eigenvalue weighted by Gasteiger charge is 2.33. The maximum absolute atomic E-state index is 12.4. The van der Waals surface area contributed by atoms with Crippen LogP contribution in [0.2, 0.25) is 0 Å². The molecule has 3 atom stereocenters. The molecule has 0 aliphatic heterocycles. The Morgan fingerprint density at radius 2 is 1.88 bits per heavy atom. The fourth-order valence-corrected chi connectivity index (χ4v) is 4.08. The van der Waals surface area contributed by atoms with E-state index in [4.69, 9.17) is 10.6 Å². The Bertz CT molecular complexity index is 573. The van der Waals surface area contributed by atoms with E-state index in [0.717, 1.165) is 30.2 Å². The van der Waals surface area contributed by atoms with Crippen LogP contribution in [0.25, 0.3) is 0 Å². The van der Waals surface area contributed by atoms with E-state index in [2.05, 4.69) is 15.9 Å². The Balaban J connectivity index is 1.51. The van der Waals surface area contributed by atoms with Gasteiger partial charge in [0.25, 0.3) is 0 Å². The highest BCUT2D eigenvalue weighted by Crippen LogP contribution is 2.41. The molecular weight excluding hydrogens is 304 g/mol. The molecule has 0 saturated heterocycles. The molecule has 24 heavy (non-hydrogen) atoms. The van der Waals surface area contributed by atoms with Crippen LogP contribution in [0.15, 0.2) is 34.7 Å². The molecule has 0 bridgehead atoms. The van der Waals surface area contributed by atoms with Gasteiger partial charge in [-0.1, -0.05) is 48.3 Å². The predicted molar refractivity (Wildman–Crippen MR) is 90.8 cm³/mol. The summed E-state index contributed by atoms with van der Waals surface area (Å²) in [5, 5.41) is 6.63. The number of fused-ring (bicyclic) bond motifs is 1. The van der Waals surface area contributed by atoms with Crippen molar-refractivity contribution < 1.29 is 9.53 Å². The largest absolute Gasteiger partial charge is 0.459 e. The number of carbonyl (C=O) groups excluding carboxylic acids is 1. The minimum absolute atomic E-state index is 0.0863. The standard InChI is InChI=1S/C18H26N4O2/c19-21-22-20-12-13-5-7-15(8-6-13)18(23)24-17-10-9-14-3-1-2-4-16(14)11-17/h5-8,14,16-17H,1-4,9-12H2,(H2,19,22)(H,20,21). The van der Waals surface area contributed by atoms with Gasteiger partial charge in [-0.05, 0) is 48.8 Å². The molecule has 6 heteroatoms. The van der Waals surface area contributed by atoms with Gasteiger partial charge in [-0.2, -0.15) is 0 Å². The first-order valence-corrected chi connectivity index (χ1v) is 8.89. The van der Waals surface area contributed by atoms with Crippen molar-refractivity contribution in [2.24, 2.45) is 28.1 Å². The zero-order valence-corrected chi connectivity index (χ0v) is 14.0. The molecule has 3 N–H and O–H groups in total. The molecule has 0 amide bonds. The molecular formula is C18H26N4O2. The smallest absolute Gasteiger partial charge is 0.338 e. The molecule has 3 unspecified atom stereocenters. The average Bonchev–Trinajstić information content (AvgIpc) is 2.62. The molecule has 6 nitrogen and oxygen atoms in total. The number of hydrogen-bond donors (Lipinski definition) is 2. The van der Waals surface area contributed by atoms with E-state index in [0.29, 0.717) is 12.1 Å². The van der Waals surface area contributed by atoms with Crippen molar-refractivity contribution >= 4 is 5.97 Å². The van der Waals surface area contributed by atoms with Gasteiger partial charge in [0, 0.05) is 0 Å². The number of rotatable bonds is 5. The van der Waals surface area contributed by atoms with Crippen molar-refractivity contribution in [1.29, 1.82) is 0 Å². The van der Waals surface area contributed by atoms with E-state index in [1.54, 1.807) is 12.1 Å². The third kappa shape index (κ3) is 4.24. The lowest BCUT2D eigenvalue weighted by molar-refractivity contribution is -0.000924. The Kier molecular flexibility index (Phi) is 5.67. The zero-order valence-electron chi connectivity index (χ0n) is 14.0. The second kappa shape index (κ2) is 8.13. The lowest BCUT2D eigenvalue weighted by Crippen LogP contribution is -2.33. The molecule has 0 aromatic heterocycles. The van der Waals surface area contributed by atoms with E-state index in [1.807, 2.05) is 12.1 Å². The third-order valence-corrected chi connectivity index (χ3v) is 5.37. The van der Waals surface area contributed by atoms with Crippen molar-refractivity contribution in [3.05, 3.63) is 35.4 Å². The van der Waals surface area contributed by atoms with Gasteiger partial charge in [-0.3, -0.25) is 5.43 Å². The molecule has 2 saturated carbocycles. The van der Waals surface area contributed by atoms with Gasteiger partial charge in [0.2, 0.25) is 0 Å². The van der Waals surface area contributed by atoms with Gasteiger partial charge in [0.05, 0.1) is 12.1 Å². The van der Waals surface area contributed by atoms with Crippen LogP contribution in [0.3, 0.4) is 0 Å². The number of hydrogen-bond acceptors (Lipinski definition) is 4. The first-order chi connectivity index (χ1) is 11.8. The van der Waals surface area contributed by atoms with Crippen LogP contribution in [0.1, 0.15) is 60.9 Å². The van der Waals surface area contributed by atoms with Gasteiger partial charge < -0.3 is 10.6 Å². The first kappa shape index (κ1) is 16.7. The maximum Gasteiger partial charge on any atom is 0.338 e. The second-order valence-corrected chi connectivity index (χ2v) is 6.89. The highest BCUT2D eigenvalue weighted by molar-refractivity contribution is 5.89. The number of nitrogens with one attached hydrogen (secondary N) is 1. The maximum atomic E-state index is 12.4. The molecule has 3 rings (SSSR count). The lowest BCUT2D eigenvalue weighted by Gasteiger charge is -2.38. The van der Waals surface area contributed by atoms with Gasteiger partial charge in [-0.15, -0.1) is 0 Å². The van der Waals surface area contributed by atoms with E-state index in [9.17, 15) is 4.79 Å². The van der Waals surface area contributed by atoms with Crippen LogP contribution < -0.4 is 11.3 Å². The van der Waals surface area contributed by atoms with Gasteiger partial charge >= 0.3 is 5.97 Å². The average molecular weight is 330 g/mol. The Morgan fingerprint density at radius 1 is 1.12 bits per heavy atom. The molecule has 1 aromatic carbocycles. The summed E-state index contributed by atoms with van der Waals surface area (Å²) in [6.45, 7) is 0.516. The summed E-state index contributed by atoms with van der Waals surface area (Å²) in [4.78, 5) is 12.4. The van der Waals surface area contributed by atoms with Crippen molar-refractivity contribution in [2.75, 3.05) is 0 Å². The molecule has 0 radical (unpaired) electrons. The molecule has 2 aliphatic carbocycles. The summed E-state index contributed by atoms with van der Waals surface area (Å²) in [5.74, 6) is 6.33. The van der Waals surface area contributed by atoms with Crippen LogP contribution in [0.5, 0.6) is 0 Å². The monoisotopic (exact) mass is 330 g/mol. The van der Waals surface area contributed by atoms with Crippen LogP contribution in [0.4, 0.5) is 0 Å². The van der Waals surface area contributed by atoms with Gasteiger partial charge in [0.15, 0.2) is 0 Å².